The number of hydrogen-bond acceptors (Lipinski definition) is 3. The SMILES string of the molecule is CC(Nc1cc(F)cc([N+](=O)[O-])c1)C1CCCCC1. The maximum Gasteiger partial charge on any atom is 0.274 e. The van der Waals surface area contributed by atoms with Gasteiger partial charge in [0.1, 0.15) is 5.82 Å². The van der Waals surface area contributed by atoms with Crippen LogP contribution in [0.2, 0.25) is 0 Å². The first-order valence-electron chi connectivity index (χ1n) is 6.78. The molecule has 1 aliphatic carbocycles. The molecule has 0 saturated heterocycles. The van der Waals surface area contributed by atoms with E-state index in [2.05, 4.69) is 12.2 Å². The first kappa shape index (κ1) is 13.8. The zero-order valence-electron chi connectivity index (χ0n) is 11.1. The highest BCUT2D eigenvalue weighted by atomic mass is 19.1. The second kappa shape index (κ2) is 5.99. The maximum atomic E-state index is 13.3. The van der Waals surface area contributed by atoms with Crippen molar-refractivity contribution in [3.63, 3.8) is 0 Å². The average molecular weight is 266 g/mol. The number of nitrogens with zero attached hydrogens (tertiary/aromatic N) is 1. The van der Waals surface area contributed by atoms with Gasteiger partial charge >= 0.3 is 0 Å². The molecular weight excluding hydrogens is 247 g/mol. The molecule has 0 aliphatic heterocycles. The molecule has 0 aromatic heterocycles. The van der Waals surface area contributed by atoms with Gasteiger partial charge in [-0.2, -0.15) is 0 Å². The van der Waals surface area contributed by atoms with Crippen molar-refractivity contribution in [1.82, 2.24) is 0 Å². The van der Waals surface area contributed by atoms with E-state index < -0.39 is 10.7 Å². The Labute approximate surface area is 112 Å². The molecule has 104 valence electrons. The van der Waals surface area contributed by atoms with Crippen LogP contribution in [0.3, 0.4) is 0 Å². The Morgan fingerprint density at radius 3 is 2.63 bits per heavy atom. The van der Waals surface area contributed by atoms with Crippen molar-refractivity contribution in [2.24, 2.45) is 5.92 Å². The van der Waals surface area contributed by atoms with E-state index >= 15 is 0 Å². The van der Waals surface area contributed by atoms with Crippen LogP contribution in [-0.2, 0) is 0 Å². The monoisotopic (exact) mass is 266 g/mol. The van der Waals surface area contributed by atoms with Crippen LogP contribution in [-0.4, -0.2) is 11.0 Å². The highest BCUT2D eigenvalue weighted by molar-refractivity contribution is 5.52. The fourth-order valence-corrected chi connectivity index (χ4v) is 2.78. The third kappa shape index (κ3) is 3.66. The molecule has 19 heavy (non-hydrogen) atoms. The minimum absolute atomic E-state index is 0.210. The van der Waals surface area contributed by atoms with Crippen LogP contribution in [0.25, 0.3) is 0 Å². The summed E-state index contributed by atoms with van der Waals surface area (Å²) in [6.45, 7) is 2.06. The number of anilines is 1. The molecular formula is C14H19FN2O2. The molecule has 0 heterocycles. The van der Waals surface area contributed by atoms with Gasteiger partial charge in [-0.3, -0.25) is 10.1 Å². The lowest BCUT2D eigenvalue weighted by Crippen LogP contribution is -2.27. The summed E-state index contributed by atoms with van der Waals surface area (Å²) >= 11 is 0. The molecule has 1 aliphatic rings. The van der Waals surface area contributed by atoms with E-state index in [1.807, 2.05) is 0 Å². The lowest BCUT2D eigenvalue weighted by atomic mass is 9.84. The van der Waals surface area contributed by atoms with E-state index in [-0.39, 0.29) is 11.7 Å². The first-order valence-corrected chi connectivity index (χ1v) is 6.78. The number of non-ortho nitro benzene ring substituents is 1. The smallest absolute Gasteiger partial charge is 0.274 e. The van der Waals surface area contributed by atoms with Crippen molar-refractivity contribution < 1.29 is 9.31 Å². The van der Waals surface area contributed by atoms with Crippen LogP contribution in [0, 0.1) is 21.8 Å². The topological polar surface area (TPSA) is 55.2 Å². The highest BCUT2D eigenvalue weighted by Gasteiger charge is 2.20. The number of benzene rings is 1. The Balaban J connectivity index is 2.07. The van der Waals surface area contributed by atoms with Crippen LogP contribution in [0.15, 0.2) is 18.2 Å². The van der Waals surface area contributed by atoms with E-state index in [1.165, 1.54) is 44.2 Å². The van der Waals surface area contributed by atoms with Gasteiger partial charge in [-0.1, -0.05) is 19.3 Å². The van der Waals surface area contributed by atoms with Crippen LogP contribution in [0.5, 0.6) is 0 Å². The van der Waals surface area contributed by atoms with Gasteiger partial charge in [0.05, 0.1) is 11.0 Å². The first-order chi connectivity index (χ1) is 9.06. The Hall–Kier alpha value is -1.65. The third-order valence-corrected chi connectivity index (χ3v) is 3.84. The van der Waals surface area contributed by atoms with Crippen LogP contribution >= 0.6 is 0 Å². The molecule has 1 unspecified atom stereocenters. The summed E-state index contributed by atoms with van der Waals surface area (Å²) in [5, 5.41) is 13.9. The number of halogens is 1. The molecule has 5 heteroatoms. The number of nitro benzene ring substituents is 1. The van der Waals surface area contributed by atoms with Crippen molar-refractivity contribution in [3.05, 3.63) is 34.1 Å². The summed E-state index contributed by atoms with van der Waals surface area (Å²) in [7, 11) is 0. The quantitative estimate of drug-likeness (QED) is 0.659. The fraction of sp³-hybridized carbons (Fsp3) is 0.571. The summed E-state index contributed by atoms with van der Waals surface area (Å²) in [4.78, 5) is 10.1. The lowest BCUT2D eigenvalue weighted by molar-refractivity contribution is -0.385. The molecule has 0 radical (unpaired) electrons. The van der Waals surface area contributed by atoms with Gasteiger partial charge in [0.2, 0.25) is 0 Å². The van der Waals surface area contributed by atoms with Gasteiger partial charge in [-0.25, -0.2) is 4.39 Å². The Kier molecular flexibility index (Phi) is 4.35. The number of hydrogen-bond donors (Lipinski definition) is 1. The fourth-order valence-electron chi connectivity index (χ4n) is 2.78. The molecule has 0 spiro atoms. The minimum atomic E-state index is -0.576. The molecule has 0 amide bonds. The summed E-state index contributed by atoms with van der Waals surface area (Å²) in [5.41, 5.74) is 0.281. The Bertz CT molecular complexity index is 459. The van der Waals surface area contributed by atoms with E-state index in [0.29, 0.717) is 11.6 Å². The van der Waals surface area contributed by atoms with E-state index in [9.17, 15) is 14.5 Å². The molecule has 0 bridgehead atoms. The van der Waals surface area contributed by atoms with Gasteiger partial charge in [0.15, 0.2) is 0 Å². The Morgan fingerprint density at radius 1 is 1.32 bits per heavy atom. The second-order valence-corrected chi connectivity index (χ2v) is 5.29. The summed E-state index contributed by atoms with van der Waals surface area (Å²) in [5.74, 6) is -0.0105. The van der Waals surface area contributed by atoms with Crippen molar-refractivity contribution in [2.45, 2.75) is 45.1 Å². The van der Waals surface area contributed by atoms with E-state index in [4.69, 9.17) is 0 Å². The standard InChI is InChI=1S/C14H19FN2O2/c1-10(11-5-3-2-4-6-11)16-13-7-12(15)8-14(9-13)17(18)19/h7-11,16H,2-6H2,1H3. The zero-order valence-corrected chi connectivity index (χ0v) is 11.1. The zero-order chi connectivity index (χ0) is 13.8. The van der Waals surface area contributed by atoms with E-state index in [0.717, 1.165) is 6.07 Å². The summed E-state index contributed by atoms with van der Waals surface area (Å²) in [6.07, 6.45) is 6.10. The summed E-state index contributed by atoms with van der Waals surface area (Å²) < 4.78 is 13.3. The average Bonchev–Trinajstić information content (AvgIpc) is 2.39. The van der Waals surface area contributed by atoms with Gasteiger partial charge in [0.25, 0.3) is 5.69 Å². The van der Waals surface area contributed by atoms with Gasteiger partial charge in [-0.15, -0.1) is 0 Å². The molecule has 1 aromatic carbocycles. The van der Waals surface area contributed by atoms with Crippen molar-refractivity contribution in [1.29, 1.82) is 0 Å². The molecule has 1 aromatic rings. The van der Waals surface area contributed by atoms with Crippen molar-refractivity contribution >= 4 is 11.4 Å². The predicted octanol–water partition coefficient (Wildman–Crippen LogP) is 4.11. The number of nitrogens with one attached hydrogen (secondary N) is 1. The van der Waals surface area contributed by atoms with Crippen LogP contribution in [0.1, 0.15) is 39.0 Å². The van der Waals surface area contributed by atoms with Gasteiger partial charge < -0.3 is 5.32 Å². The second-order valence-electron chi connectivity index (χ2n) is 5.29. The number of nitro groups is 1. The highest BCUT2D eigenvalue weighted by Crippen LogP contribution is 2.29. The molecule has 1 fully saturated rings. The van der Waals surface area contributed by atoms with Gasteiger partial charge in [-0.05, 0) is 31.7 Å². The van der Waals surface area contributed by atoms with Crippen LogP contribution in [0.4, 0.5) is 15.8 Å². The van der Waals surface area contributed by atoms with E-state index in [1.54, 1.807) is 0 Å². The molecule has 2 rings (SSSR count). The summed E-state index contributed by atoms with van der Waals surface area (Å²) in [6, 6.07) is 3.85. The lowest BCUT2D eigenvalue weighted by Gasteiger charge is -2.29. The minimum Gasteiger partial charge on any atom is -0.382 e. The molecule has 1 atom stereocenters. The normalized spacial score (nSPS) is 18.0. The largest absolute Gasteiger partial charge is 0.382 e. The van der Waals surface area contributed by atoms with Crippen LogP contribution < -0.4 is 5.32 Å². The predicted molar refractivity (Wildman–Crippen MR) is 72.7 cm³/mol. The third-order valence-electron chi connectivity index (χ3n) is 3.84. The van der Waals surface area contributed by atoms with Crippen molar-refractivity contribution in [3.8, 4) is 0 Å². The maximum absolute atomic E-state index is 13.3. The Morgan fingerprint density at radius 2 is 2.00 bits per heavy atom. The molecule has 4 nitrogen and oxygen atoms in total. The van der Waals surface area contributed by atoms with Crippen molar-refractivity contribution in [2.75, 3.05) is 5.32 Å². The molecule has 1 N–H and O–H groups in total. The molecule has 1 saturated carbocycles. The number of rotatable bonds is 4. The van der Waals surface area contributed by atoms with Gasteiger partial charge in [0, 0.05) is 17.8 Å².